The highest BCUT2D eigenvalue weighted by Crippen LogP contribution is 2.16. The van der Waals surface area contributed by atoms with Crippen molar-refractivity contribution in [2.75, 3.05) is 13.2 Å². The zero-order chi connectivity index (χ0) is 44.4. The Morgan fingerprint density at radius 1 is 0.443 bits per heavy atom. The average Bonchev–Trinajstić information content (AvgIpc) is 3.26. The summed E-state index contributed by atoms with van der Waals surface area (Å²) in [5.74, 6) is -0.0951. The van der Waals surface area contributed by atoms with E-state index < -0.39 is 12.1 Å². The van der Waals surface area contributed by atoms with E-state index in [4.69, 9.17) is 4.74 Å². The molecule has 0 aromatic rings. The molecule has 0 rings (SSSR count). The van der Waals surface area contributed by atoms with Gasteiger partial charge in [0.05, 0.1) is 25.4 Å². The summed E-state index contributed by atoms with van der Waals surface area (Å²) in [5.41, 5.74) is 0. The van der Waals surface area contributed by atoms with Crippen LogP contribution in [-0.4, -0.2) is 47.4 Å². The van der Waals surface area contributed by atoms with Crippen LogP contribution in [0.4, 0.5) is 0 Å². The fraction of sp³-hybridized carbons (Fsp3) is 0.891. The number of carbonyl (C=O) groups excluding carboxylic acids is 2. The van der Waals surface area contributed by atoms with E-state index in [9.17, 15) is 19.8 Å². The third-order valence-electron chi connectivity index (χ3n) is 12.5. The van der Waals surface area contributed by atoms with E-state index in [-0.39, 0.29) is 18.5 Å². The molecule has 1 amide bonds. The van der Waals surface area contributed by atoms with Gasteiger partial charge in [0, 0.05) is 12.8 Å². The van der Waals surface area contributed by atoms with E-state index in [2.05, 4.69) is 31.3 Å². The molecule has 3 N–H and O–H groups in total. The molecule has 6 heteroatoms. The molecule has 0 aromatic carbocycles. The van der Waals surface area contributed by atoms with Crippen molar-refractivity contribution in [3.05, 3.63) is 24.3 Å². The lowest BCUT2D eigenvalue weighted by Gasteiger charge is -2.20. The van der Waals surface area contributed by atoms with Crippen molar-refractivity contribution in [3.8, 4) is 0 Å². The van der Waals surface area contributed by atoms with Crippen molar-refractivity contribution >= 4 is 11.9 Å². The van der Waals surface area contributed by atoms with Gasteiger partial charge in [-0.1, -0.05) is 244 Å². The Kier molecular flexibility index (Phi) is 49.6. The van der Waals surface area contributed by atoms with Crippen molar-refractivity contribution in [2.24, 2.45) is 0 Å². The molecule has 0 radical (unpaired) electrons. The minimum atomic E-state index is -0.853. The van der Waals surface area contributed by atoms with Gasteiger partial charge in [0.1, 0.15) is 0 Å². The zero-order valence-corrected chi connectivity index (χ0v) is 40.9. The van der Waals surface area contributed by atoms with Gasteiger partial charge in [-0.25, -0.2) is 0 Å². The van der Waals surface area contributed by atoms with Gasteiger partial charge in [0.2, 0.25) is 5.91 Å². The maximum Gasteiger partial charge on any atom is 0.305 e. The van der Waals surface area contributed by atoms with Crippen LogP contribution in [0.25, 0.3) is 0 Å². The van der Waals surface area contributed by atoms with Crippen LogP contribution in [0.2, 0.25) is 0 Å². The first kappa shape index (κ1) is 59.3. The van der Waals surface area contributed by atoms with Gasteiger partial charge in [-0.05, 0) is 57.8 Å². The molecule has 0 aromatic heterocycles. The molecule has 0 heterocycles. The highest BCUT2D eigenvalue weighted by atomic mass is 16.5. The topological polar surface area (TPSA) is 95.9 Å². The first-order chi connectivity index (χ1) is 30.0. The van der Waals surface area contributed by atoms with Crippen LogP contribution in [0.3, 0.4) is 0 Å². The predicted octanol–water partition coefficient (Wildman–Crippen LogP) is 16.3. The van der Waals surface area contributed by atoms with Crippen molar-refractivity contribution in [1.82, 2.24) is 5.32 Å². The number of amides is 1. The Morgan fingerprint density at radius 3 is 1.16 bits per heavy atom. The number of nitrogens with one attached hydrogen (secondary N) is 1. The number of carbonyl (C=O) groups is 2. The number of hydrogen-bond donors (Lipinski definition) is 3. The highest BCUT2D eigenvalue weighted by molar-refractivity contribution is 5.76. The Bertz CT molecular complexity index is 951. The number of aliphatic hydroxyl groups excluding tert-OH is 2. The Labute approximate surface area is 380 Å². The number of aliphatic hydroxyl groups is 2. The van der Waals surface area contributed by atoms with Crippen LogP contribution in [0.1, 0.15) is 290 Å². The quantitative estimate of drug-likeness (QED) is 0.0322. The van der Waals surface area contributed by atoms with Crippen LogP contribution in [0.5, 0.6) is 0 Å². The van der Waals surface area contributed by atoms with Gasteiger partial charge in [-0.15, -0.1) is 0 Å². The highest BCUT2D eigenvalue weighted by Gasteiger charge is 2.18. The molecule has 0 fully saturated rings. The molecular weight excluding hydrogens is 755 g/mol. The zero-order valence-electron chi connectivity index (χ0n) is 40.9. The summed E-state index contributed by atoms with van der Waals surface area (Å²) in [6, 6.07) is -0.637. The molecule has 2 atom stereocenters. The first-order valence-corrected chi connectivity index (χ1v) is 27.1. The predicted molar refractivity (Wildman–Crippen MR) is 264 cm³/mol. The molecule has 0 bridgehead atoms. The Morgan fingerprint density at radius 2 is 0.770 bits per heavy atom. The number of unbranched alkanes of at least 4 members (excludes halogenated alkanes) is 37. The SMILES string of the molecule is CCCCCCC/C=C\CCCCCCCC(=O)OCCCCCCCCCCCCCCCC(=O)NC(CO)C(O)/C=C/CCCCCCCCCCCCCCCCC. The normalized spacial score (nSPS) is 12.8. The van der Waals surface area contributed by atoms with E-state index in [1.165, 1.54) is 205 Å². The lowest BCUT2D eigenvalue weighted by Crippen LogP contribution is -2.45. The van der Waals surface area contributed by atoms with E-state index in [1.807, 2.05) is 6.08 Å². The third kappa shape index (κ3) is 47.7. The summed E-state index contributed by atoms with van der Waals surface area (Å²) >= 11 is 0. The van der Waals surface area contributed by atoms with Crippen LogP contribution in [0.15, 0.2) is 24.3 Å². The number of allylic oxidation sites excluding steroid dienone is 3. The lowest BCUT2D eigenvalue weighted by atomic mass is 10.0. The van der Waals surface area contributed by atoms with Crippen molar-refractivity contribution < 1.29 is 24.5 Å². The molecule has 6 nitrogen and oxygen atoms in total. The molecule has 0 aliphatic rings. The summed E-state index contributed by atoms with van der Waals surface area (Å²) in [6.07, 6.45) is 60.3. The monoisotopic (exact) mass is 860 g/mol. The van der Waals surface area contributed by atoms with Crippen molar-refractivity contribution in [3.63, 3.8) is 0 Å². The minimum Gasteiger partial charge on any atom is -0.466 e. The average molecular weight is 860 g/mol. The maximum atomic E-state index is 12.4. The molecular formula is C55H105NO5. The molecule has 0 saturated carbocycles. The molecule has 61 heavy (non-hydrogen) atoms. The smallest absolute Gasteiger partial charge is 0.305 e. The van der Waals surface area contributed by atoms with Gasteiger partial charge in [0.15, 0.2) is 0 Å². The minimum absolute atomic E-state index is 0.0153. The maximum absolute atomic E-state index is 12.4. The Balaban J connectivity index is 3.49. The number of rotatable bonds is 50. The number of ether oxygens (including phenoxy) is 1. The van der Waals surface area contributed by atoms with Gasteiger partial charge in [-0.2, -0.15) is 0 Å². The molecule has 0 spiro atoms. The number of esters is 1. The molecule has 0 aliphatic carbocycles. The van der Waals surface area contributed by atoms with Gasteiger partial charge >= 0.3 is 5.97 Å². The van der Waals surface area contributed by atoms with Crippen LogP contribution < -0.4 is 5.32 Å². The second-order valence-corrected chi connectivity index (χ2v) is 18.6. The summed E-state index contributed by atoms with van der Waals surface area (Å²) < 4.78 is 5.46. The van der Waals surface area contributed by atoms with Gasteiger partial charge in [0.25, 0.3) is 0 Å². The largest absolute Gasteiger partial charge is 0.466 e. The van der Waals surface area contributed by atoms with E-state index >= 15 is 0 Å². The van der Waals surface area contributed by atoms with Crippen LogP contribution in [0, 0.1) is 0 Å². The third-order valence-corrected chi connectivity index (χ3v) is 12.5. The summed E-state index contributed by atoms with van der Waals surface area (Å²) in [6.45, 7) is 4.87. The Hall–Kier alpha value is -1.66. The summed E-state index contributed by atoms with van der Waals surface area (Å²) in [7, 11) is 0. The second kappa shape index (κ2) is 51.0. The number of hydrogen-bond acceptors (Lipinski definition) is 5. The molecule has 0 saturated heterocycles. The van der Waals surface area contributed by atoms with Crippen molar-refractivity contribution in [2.45, 2.75) is 302 Å². The fourth-order valence-corrected chi connectivity index (χ4v) is 8.27. The molecule has 2 unspecified atom stereocenters. The van der Waals surface area contributed by atoms with Gasteiger partial charge < -0.3 is 20.3 Å². The summed E-state index contributed by atoms with van der Waals surface area (Å²) in [4.78, 5) is 24.5. The van der Waals surface area contributed by atoms with Crippen molar-refractivity contribution in [1.29, 1.82) is 0 Å². The summed E-state index contributed by atoms with van der Waals surface area (Å²) in [5, 5.41) is 23.1. The van der Waals surface area contributed by atoms with E-state index in [1.54, 1.807) is 6.08 Å². The van der Waals surface area contributed by atoms with Crippen LogP contribution in [-0.2, 0) is 14.3 Å². The second-order valence-electron chi connectivity index (χ2n) is 18.6. The molecule has 360 valence electrons. The fourth-order valence-electron chi connectivity index (χ4n) is 8.27. The van der Waals surface area contributed by atoms with Crippen LogP contribution >= 0.6 is 0 Å². The standard InChI is InChI=1S/C55H105NO5/c1-3-5-7-9-11-13-15-17-19-20-21-23-27-31-35-39-43-47-53(58)52(51-57)56-54(59)48-44-40-36-32-28-24-22-26-30-34-38-42-46-50-61-55(60)49-45-41-37-33-29-25-18-16-14-12-10-8-6-4-2/h16,18,43,47,52-53,57-58H,3-15,17,19-42,44-46,48-51H2,1-2H3,(H,56,59)/b18-16-,47-43+. The molecule has 0 aliphatic heterocycles. The van der Waals surface area contributed by atoms with Gasteiger partial charge in [-0.3, -0.25) is 9.59 Å². The van der Waals surface area contributed by atoms with E-state index in [0.717, 1.165) is 57.8 Å². The van der Waals surface area contributed by atoms with E-state index in [0.29, 0.717) is 19.4 Å². The first-order valence-electron chi connectivity index (χ1n) is 27.1. The lowest BCUT2D eigenvalue weighted by molar-refractivity contribution is -0.143.